The van der Waals surface area contributed by atoms with Crippen LogP contribution < -0.4 is 0 Å². The number of piperidine rings is 1. The van der Waals surface area contributed by atoms with Gasteiger partial charge in [0.05, 0.1) is 4.90 Å². The first-order chi connectivity index (χ1) is 11.4. The molecule has 0 unspecified atom stereocenters. The number of rotatable bonds is 4. The van der Waals surface area contributed by atoms with Gasteiger partial charge in [0.2, 0.25) is 10.0 Å². The molecule has 0 aromatic heterocycles. The van der Waals surface area contributed by atoms with Crippen LogP contribution in [0.3, 0.4) is 0 Å². The molecule has 1 aromatic rings. The Morgan fingerprint density at radius 1 is 1.04 bits per heavy atom. The van der Waals surface area contributed by atoms with Crippen molar-refractivity contribution in [3.05, 3.63) is 29.8 Å². The third-order valence-electron chi connectivity index (χ3n) is 5.92. The number of likely N-dealkylation sites (tertiary alicyclic amines) is 1. The SMILES string of the molecule is Cc1ccc(S(=O)(=O)N(C)[C@H]2CC[C@@H](N3CCC(C)CC3)C2)cc1.Cl. The predicted molar refractivity (Wildman–Crippen MR) is 105 cm³/mol. The van der Waals surface area contributed by atoms with Crippen molar-refractivity contribution in [3.8, 4) is 0 Å². The van der Waals surface area contributed by atoms with Crippen LogP contribution in [0.25, 0.3) is 0 Å². The summed E-state index contributed by atoms with van der Waals surface area (Å²) in [6.07, 6.45) is 5.61. The fourth-order valence-electron chi connectivity index (χ4n) is 4.06. The Hall–Kier alpha value is -0.620. The number of hydrogen-bond donors (Lipinski definition) is 0. The maximum absolute atomic E-state index is 12.9. The Kier molecular flexibility index (Phi) is 6.94. The monoisotopic (exact) mass is 386 g/mol. The maximum Gasteiger partial charge on any atom is 0.243 e. The largest absolute Gasteiger partial charge is 0.300 e. The van der Waals surface area contributed by atoms with Crippen LogP contribution in [0.1, 0.15) is 44.6 Å². The highest BCUT2D eigenvalue weighted by Gasteiger charge is 2.36. The van der Waals surface area contributed by atoms with Crippen LogP contribution in [-0.2, 0) is 10.0 Å². The highest BCUT2D eigenvalue weighted by molar-refractivity contribution is 7.89. The first-order valence-corrected chi connectivity index (χ1v) is 10.6. The van der Waals surface area contributed by atoms with Gasteiger partial charge >= 0.3 is 0 Å². The zero-order valence-electron chi connectivity index (χ0n) is 15.5. The Morgan fingerprint density at radius 2 is 1.64 bits per heavy atom. The van der Waals surface area contributed by atoms with Crippen molar-refractivity contribution in [2.24, 2.45) is 5.92 Å². The second-order valence-corrected chi connectivity index (χ2v) is 9.67. The van der Waals surface area contributed by atoms with Gasteiger partial charge in [-0.3, -0.25) is 0 Å². The van der Waals surface area contributed by atoms with E-state index in [1.165, 1.54) is 25.9 Å². The second kappa shape index (κ2) is 8.38. The number of halogens is 1. The normalized spacial score (nSPS) is 25.9. The molecule has 1 aromatic carbocycles. The third-order valence-corrected chi connectivity index (χ3v) is 7.85. The van der Waals surface area contributed by atoms with E-state index in [4.69, 9.17) is 0 Å². The zero-order chi connectivity index (χ0) is 17.3. The summed E-state index contributed by atoms with van der Waals surface area (Å²) in [6, 6.07) is 7.86. The molecule has 0 spiro atoms. The first-order valence-electron chi connectivity index (χ1n) is 9.16. The summed E-state index contributed by atoms with van der Waals surface area (Å²) in [4.78, 5) is 3.00. The highest BCUT2D eigenvalue weighted by atomic mass is 35.5. The van der Waals surface area contributed by atoms with Crippen LogP contribution in [0.4, 0.5) is 0 Å². The van der Waals surface area contributed by atoms with E-state index in [1.807, 2.05) is 19.1 Å². The summed E-state index contributed by atoms with van der Waals surface area (Å²) in [5.41, 5.74) is 1.08. The lowest BCUT2D eigenvalue weighted by Gasteiger charge is -2.35. The number of sulfonamides is 1. The van der Waals surface area contributed by atoms with Crippen LogP contribution in [0, 0.1) is 12.8 Å². The minimum Gasteiger partial charge on any atom is -0.300 e. The van der Waals surface area contributed by atoms with Crippen molar-refractivity contribution >= 4 is 22.4 Å². The molecule has 2 aliphatic rings. The van der Waals surface area contributed by atoms with E-state index in [9.17, 15) is 8.42 Å². The van der Waals surface area contributed by atoms with Crippen molar-refractivity contribution in [2.75, 3.05) is 20.1 Å². The molecule has 142 valence electrons. The average molecular weight is 387 g/mol. The number of aryl methyl sites for hydroxylation is 1. The fourth-order valence-corrected chi connectivity index (χ4v) is 5.46. The summed E-state index contributed by atoms with van der Waals surface area (Å²) in [5.74, 6) is 0.836. The van der Waals surface area contributed by atoms with Gasteiger partial charge in [-0.2, -0.15) is 4.31 Å². The third kappa shape index (κ3) is 4.57. The van der Waals surface area contributed by atoms with Crippen molar-refractivity contribution in [1.82, 2.24) is 9.21 Å². The summed E-state index contributed by atoms with van der Waals surface area (Å²) in [5, 5.41) is 0. The number of nitrogens with zero attached hydrogens (tertiary/aromatic N) is 2. The predicted octanol–water partition coefficient (Wildman–Crippen LogP) is 3.69. The number of hydrogen-bond acceptors (Lipinski definition) is 3. The maximum atomic E-state index is 12.9. The van der Waals surface area contributed by atoms with Gasteiger partial charge < -0.3 is 4.90 Å². The molecule has 3 rings (SSSR count). The lowest BCUT2D eigenvalue weighted by molar-refractivity contribution is 0.136. The average Bonchev–Trinajstić information content (AvgIpc) is 3.05. The molecule has 1 heterocycles. The van der Waals surface area contributed by atoms with Gasteiger partial charge in [-0.15, -0.1) is 12.4 Å². The fraction of sp³-hybridized carbons (Fsp3) is 0.684. The van der Waals surface area contributed by atoms with Crippen molar-refractivity contribution in [3.63, 3.8) is 0 Å². The van der Waals surface area contributed by atoms with Crippen LogP contribution in [0.5, 0.6) is 0 Å². The minimum absolute atomic E-state index is 0. The van der Waals surface area contributed by atoms with Gasteiger partial charge in [0.1, 0.15) is 0 Å². The minimum atomic E-state index is -3.39. The summed E-state index contributed by atoms with van der Waals surface area (Å²) >= 11 is 0. The zero-order valence-corrected chi connectivity index (χ0v) is 17.2. The lowest BCUT2D eigenvalue weighted by atomic mass is 9.97. The molecule has 0 bridgehead atoms. The molecule has 4 nitrogen and oxygen atoms in total. The smallest absolute Gasteiger partial charge is 0.243 e. The van der Waals surface area contributed by atoms with Gasteiger partial charge in [0.25, 0.3) is 0 Å². The van der Waals surface area contributed by atoms with Gasteiger partial charge in [0, 0.05) is 19.1 Å². The van der Waals surface area contributed by atoms with Gasteiger partial charge in [-0.05, 0) is 70.2 Å². The molecule has 2 fully saturated rings. The second-order valence-electron chi connectivity index (χ2n) is 7.67. The van der Waals surface area contributed by atoms with E-state index >= 15 is 0 Å². The molecule has 1 aliphatic heterocycles. The van der Waals surface area contributed by atoms with Crippen LogP contribution in [-0.4, -0.2) is 49.8 Å². The van der Waals surface area contributed by atoms with E-state index in [2.05, 4.69) is 11.8 Å². The standard InChI is InChI=1S/C19H30N2O2S.ClH/c1-15-4-8-19(9-5-15)24(22,23)20(3)17-6-7-18(14-17)21-12-10-16(2)11-13-21;/h4-5,8-9,16-18H,6-7,10-14H2,1-3H3;1H/t17-,18+;/m0./s1. The molecule has 6 heteroatoms. The summed E-state index contributed by atoms with van der Waals surface area (Å²) < 4.78 is 27.4. The molecule has 0 amide bonds. The van der Waals surface area contributed by atoms with E-state index < -0.39 is 10.0 Å². The van der Waals surface area contributed by atoms with Crippen LogP contribution >= 0.6 is 12.4 Å². The Morgan fingerprint density at radius 3 is 2.24 bits per heavy atom. The quantitative estimate of drug-likeness (QED) is 0.792. The van der Waals surface area contributed by atoms with Gasteiger partial charge in [-0.1, -0.05) is 24.6 Å². The van der Waals surface area contributed by atoms with Crippen molar-refractivity contribution in [2.45, 2.75) is 62.9 Å². The molecule has 1 saturated heterocycles. The molecular formula is C19H31ClN2O2S. The van der Waals surface area contributed by atoms with E-state index in [-0.39, 0.29) is 18.4 Å². The summed E-state index contributed by atoms with van der Waals surface area (Å²) in [6.45, 7) is 6.65. The van der Waals surface area contributed by atoms with E-state index in [0.29, 0.717) is 10.9 Å². The van der Waals surface area contributed by atoms with E-state index in [0.717, 1.165) is 30.7 Å². The Labute approximate surface area is 159 Å². The molecule has 2 atom stereocenters. The van der Waals surface area contributed by atoms with E-state index in [1.54, 1.807) is 23.5 Å². The molecule has 0 N–H and O–H groups in total. The summed E-state index contributed by atoms with van der Waals surface area (Å²) in [7, 11) is -1.64. The Balaban J connectivity index is 0.00000225. The van der Waals surface area contributed by atoms with Crippen molar-refractivity contribution in [1.29, 1.82) is 0 Å². The molecule has 25 heavy (non-hydrogen) atoms. The van der Waals surface area contributed by atoms with Crippen molar-refractivity contribution < 1.29 is 8.42 Å². The molecular weight excluding hydrogens is 356 g/mol. The molecule has 1 aliphatic carbocycles. The molecule has 0 radical (unpaired) electrons. The van der Waals surface area contributed by atoms with Gasteiger partial charge in [0.15, 0.2) is 0 Å². The van der Waals surface area contributed by atoms with Gasteiger partial charge in [-0.25, -0.2) is 8.42 Å². The highest BCUT2D eigenvalue weighted by Crippen LogP contribution is 2.32. The number of benzene rings is 1. The van der Waals surface area contributed by atoms with Crippen LogP contribution in [0.2, 0.25) is 0 Å². The Bertz CT molecular complexity index is 655. The molecule has 1 saturated carbocycles. The lowest BCUT2D eigenvalue weighted by Crippen LogP contribution is -2.41. The topological polar surface area (TPSA) is 40.6 Å². The first kappa shape index (κ1) is 20.7. The van der Waals surface area contributed by atoms with Crippen LogP contribution in [0.15, 0.2) is 29.2 Å².